The van der Waals surface area contributed by atoms with Crippen molar-refractivity contribution in [3.8, 4) is 0 Å². The molecule has 0 unspecified atom stereocenters. The fourth-order valence-corrected chi connectivity index (χ4v) is 2.56. The summed E-state index contributed by atoms with van der Waals surface area (Å²) in [6, 6.07) is 17.3. The fraction of sp³-hybridized carbons (Fsp3) is 0.417. The lowest BCUT2D eigenvalue weighted by atomic mass is 9.93. The van der Waals surface area contributed by atoms with E-state index >= 15 is 0 Å². The molecule has 0 spiro atoms. The van der Waals surface area contributed by atoms with Gasteiger partial charge in [0.05, 0.1) is 0 Å². The molecule has 0 bridgehead atoms. The average Bonchev–Trinajstić information content (AvgIpc) is 2.72. The lowest BCUT2D eigenvalue weighted by Gasteiger charge is -2.11. The van der Waals surface area contributed by atoms with Crippen molar-refractivity contribution in [3.63, 3.8) is 0 Å². The summed E-state index contributed by atoms with van der Waals surface area (Å²) in [6.07, 6.45) is 0. The summed E-state index contributed by atoms with van der Waals surface area (Å²) in [7, 11) is 0. The molecule has 0 heterocycles. The molecule has 0 aliphatic heterocycles. The topological polar surface area (TPSA) is 0 Å². The third-order valence-electron chi connectivity index (χ3n) is 3.47. The summed E-state index contributed by atoms with van der Waals surface area (Å²) in [5.74, 6) is 0. The molecule has 0 aromatic heterocycles. The van der Waals surface area contributed by atoms with Gasteiger partial charge in [-0.2, -0.15) is 0 Å². The van der Waals surface area contributed by atoms with Gasteiger partial charge in [0.1, 0.15) is 0 Å². The SMILES string of the molecule is CC.CC.CC.CC.Cc1c2ccccc2c(C)c2ccccc12. The lowest BCUT2D eigenvalue weighted by Crippen LogP contribution is -1.87. The predicted molar refractivity (Wildman–Crippen MR) is 116 cm³/mol. The second kappa shape index (κ2) is 14.8. The first kappa shape index (κ1) is 24.4. The van der Waals surface area contributed by atoms with Gasteiger partial charge in [0.25, 0.3) is 0 Å². The van der Waals surface area contributed by atoms with E-state index < -0.39 is 0 Å². The van der Waals surface area contributed by atoms with Crippen LogP contribution in [0.25, 0.3) is 21.5 Å². The van der Waals surface area contributed by atoms with Gasteiger partial charge >= 0.3 is 0 Å². The summed E-state index contributed by atoms with van der Waals surface area (Å²) in [4.78, 5) is 0. The van der Waals surface area contributed by atoms with Crippen LogP contribution in [0.1, 0.15) is 66.5 Å². The molecule has 3 aromatic carbocycles. The van der Waals surface area contributed by atoms with Crippen molar-refractivity contribution in [1.82, 2.24) is 0 Å². The van der Waals surface area contributed by atoms with E-state index in [1.165, 1.54) is 32.7 Å². The molecule has 0 aliphatic carbocycles. The van der Waals surface area contributed by atoms with Gasteiger partial charge in [0, 0.05) is 0 Å². The minimum atomic E-state index is 1.37. The Morgan fingerprint density at radius 3 is 0.708 bits per heavy atom. The molecule has 0 fully saturated rings. The van der Waals surface area contributed by atoms with Crippen molar-refractivity contribution in [1.29, 1.82) is 0 Å². The molecule has 24 heavy (non-hydrogen) atoms. The molecule has 0 saturated carbocycles. The molecule has 0 saturated heterocycles. The van der Waals surface area contributed by atoms with Crippen LogP contribution < -0.4 is 0 Å². The van der Waals surface area contributed by atoms with Crippen LogP contribution in [0.4, 0.5) is 0 Å². The fourth-order valence-electron chi connectivity index (χ4n) is 2.56. The second-order valence-electron chi connectivity index (χ2n) is 4.34. The van der Waals surface area contributed by atoms with E-state index in [1.54, 1.807) is 0 Å². The molecule has 0 radical (unpaired) electrons. The molecule has 134 valence electrons. The molecule has 0 aliphatic rings. The highest BCUT2D eigenvalue weighted by molar-refractivity contribution is 6.05. The van der Waals surface area contributed by atoms with E-state index in [0.717, 1.165) is 0 Å². The quantitative estimate of drug-likeness (QED) is 0.362. The third-order valence-corrected chi connectivity index (χ3v) is 3.47. The number of hydrogen-bond acceptors (Lipinski definition) is 0. The predicted octanol–water partition coefficient (Wildman–Crippen LogP) is 8.71. The van der Waals surface area contributed by atoms with E-state index in [2.05, 4.69) is 62.4 Å². The standard InChI is InChI=1S/C16H14.4C2H6/c1-11-13-7-3-5-9-15(13)12(2)16-10-6-4-8-14(11)16;4*1-2/h3-10H,1-2H3;4*1-2H3. The Hall–Kier alpha value is -1.82. The van der Waals surface area contributed by atoms with Crippen molar-refractivity contribution >= 4 is 21.5 Å². The highest BCUT2D eigenvalue weighted by Gasteiger charge is 2.06. The van der Waals surface area contributed by atoms with E-state index in [4.69, 9.17) is 0 Å². The molecular formula is C24H38. The van der Waals surface area contributed by atoms with Crippen LogP contribution in [0.15, 0.2) is 48.5 Å². The Kier molecular flexibility index (Phi) is 15.0. The van der Waals surface area contributed by atoms with Crippen molar-refractivity contribution in [2.45, 2.75) is 69.2 Å². The van der Waals surface area contributed by atoms with E-state index in [1.807, 2.05) is 55.4 Å². The van der Waals surface area contributed by atoms with Gasteiger partial charge in [0.2, 0.25) is 0 Å². The van der Waals surface area contributed by atoms with Crippen molar-refractivity contribution in [2.75, 3.05) is 0 Å². The van der Waals surface area contributed by atoms with E-state index in [9.17, 15) is 0 Å². The van der Waals surface area contributed by atoms with Crippen LogP contribution in [-0.4, -0.2) is 0 Å². The Balaban J connectivity index is 0. The van der Waals surface area contributed by atoms with Gasteiger partial charge in [-0.15, -0.1) is 0 Å². The zero-order valence-corrected chi connectivity index (χ0v) is 17.6. The maximum atomic E-state index is 2.21. The molecule has 3 rings (SSSR count). The monoisotopic (exact) mass is 326 g/mol. The molecule has 0 nitrogen and oxygen atoms in total. The molecule has 0 N–H and O–H groups in total. The number of benzene rings is 3. The second-order valence-corrected chi connectivity index (χ2v) is 4.34. The Labute approximate surface area is 150 Å². The van der Waals surface area contributed by atoms with E-state index in [0.29, 0.717) is 0 Å². The Morgan fingerprint density at radius 1 is 0.375 bits per heavy atom. The van der Waals surface area contributed by atoms with Crippen molar-refractivity contribution in [2.24, 2.45) is 0 Å². The van der Waals surface area contributed by atoms with Crippen LogP contribution in [-0.2, 0) is 0 Å². The van der Waals surface area contributed by atoms with Crippen LogP contribution in [0.2, 0.25) is 0 Å². The van der Waals surface area contributed by atoms with E-state index in [-0.39, 0.29) is 0 Å². The first-order valence-corrected chi connectivity index (χ1v) is 9.65. The number of aryl methyl sites for hydroxylation is 2. The molecule has 3 aromatic rings. The smallest absolute Gasteiger partial charge is 0.0146 e. The summed E-state index contributed by atoms with van der Waals surface area (Å²) in [6.45, 7) is 20.4. The Morgan fingerprint density at radius 2 is 0.542 bits per heavy atom. The highest BCUT2D eigenvalue weighted by Crippen LogP contribution is 2.31. The minimum absolute atomic E-state index is 1.37. The van der Waals surface area contributed by atoms with Gasteiger partial charge in [-0.1, -0.05) is 104 Å². The van der Waals surface area contributed by atoms with Crippen LogP contribution in [0.3, 0.4) is 0 Å². The number of fused-ring (bicyclic) bond motifs is 2. The maximum Gasteiger partial charge on any atom is -0.0146 e. The zero-order valence-electron chi connectivity index (χ0n) is 17.6. The molecule has 0 heteroatoms. The van der Waals surface area contributed by atoms with Gasteiger partial charge in [-0.25, -0.2) is 0 Å². The van der Waals surface area contributed by atoms with Gasteiger partial charge in [0.15, 0.2) is 0 Å². The normalized spacial score (nSPS) is 8.42. The van der Waals surface area contributed by atoms with Crippen LogP contribution in [0.5, 0.6) is 0 Å². The van der Waals surface area contributed by atoms with Gasteiger partial charge in [-0.3, -0.25) is 0 Å². The number of hydrogen-bond donors (Lipinski definition) is 0. The summed E-state index contributed by atoms with van der Waals surface area (Å²) < 4.78 is 0. The summed E-state index contributed by atoms with van der Waals surface area (Å²) in [5.41, 5.74) is 2.77. The van der Waals surface area contributed by atoms with Crippen LogP contribution >= 0.6 is 0 Å². The van der Waals surface area contributed by atoms with Crippen molar-refractivity contribution < 1.29 is 0 Å². The molecular weight excluding hydrogens is 288 g/mol. The first-order valence-electron chi connectivity index (χ1n) is 9.65. The molecule has 0 amide bonds. The molecule has 0 atom stereocenters. The largest absolute Gasteiger partial charge is 0.0683 e. The summed E-state index contributed by atoms with van der Waals surface area (Å²) in [5, 5.41) is 5.50. The third kappa shape index (κ3) is 5.67. The van der Waals surface area contributed by atoms with Gasteiger partial charge in [-0.05, 0) is 46.5 Å². The highest BCUT2D eigenvalue weighted by atomic mass is 14.1. The number of rotatable bonds is 0. The lowest BCUT2D eigenvalue weighted by molar-refractivity contribution is 1.50. The van der Waals surface area contributed by atoms with Crippen LogP contribution in [0, 0.1) is 13.8 Å². The summed E-state index contributed by atoms with van der Waals surface area (Å²) >= 11 is 0. The van der Waals surface area contributed by atoms with Gasteiger partial charge < -0.3 is 0 Å². The zero-order chi connectivity index (χ0) is 19.1. The van der Waals surface area contributed by atoms with Crippen molar-refractivity contribution in [3.05, 3.63) is 59.7 Å². The maximum absolute atomic E-state index is 2.21. The first-order chi connectivity index (χ1) is 11.8. The Bertz CT molecular complexity index is 561. The average molecular weight is 327 g/mol. The minimum Gasteiger partial charge on any atom is -0.0683 e.